The molecule has 2 unspecified atom stereocenters. The summed E-state index contributed by atoms with van der Waals surface area (Å²) in [7, 11) is 0. The van der Waals surface area contributed by atoms with E-state index in [-0.39, 0.29) is 0 Å². The maximum absolute atomic E-state index is 5.62. The Balaban J connectivity index is 1.90. The second-order valence-electron chi connectivity index (χ2n) is 5.21. The lowest BCUT2D eigenvalue weighted by molar-refractivity contribution is 0.363. The van der Waals surface area contributed by atoms with Gasteiger partial charge < -0.3 is 10.1 Å². The molecular formula is C17H22BrNOS. The van der Waals surface area contributed by atoms with Crippen molar-refractivity contribution in [3.05, 3.63) is 28.2 Å². The van der Waals surface area contributed by atoms with Crippen LogP contribution in [0.5, 0.6) is 5.75 Å². The molecule has 2 atom stereocenters. The maximum Gasteiger partial charge on any atom is 0.148 e. The first-order valence-corrected chi connectivity index (χ1v) is 9.26. The lowest BCUT2D eigenvalue weighted by atomic mass is 10.1. The lowest BCUT2D eigenvalue weighted by Crippen LogP contribution is -2.26. The molecule has 21 heavy (non-hydrogen) atoms. The molecule has 114 valence electrons. The smallest absolute Gasteiger partial charge is 0.148 e. The van der Waals surface area contributed by atoms with Gasteiger partial charge in [-0.05, 0) is 43.2 Å². The number of halogens is 1. The second-order valence-corrected chi connectivity index (χ2v) is 7.71. The number of benzene rings is 1. The highest BCUT2D eigenvalue weighted by Crippen LogP contribution is 2.30. The summed E-state index contributed by atoms with van der Waals surface area (Å²) in [5.41, 5.74) is 1.16. The van der Waals surface area contributed by atoms with Crippen molar-refractivity contribution in [2.45, 2.75) is 44.0 Å². The monoisotopic (exact) mass is 367 g/mol. The highest BCUT2D eigenvalue weighted by molar-refractivity contribution is 9.10. The molecule has 0 bridgehead atoms. The van der Waals surface area contributed by atoms with E-state index in [1.807, 2.05) is 12.1 Å². The van der Waals surface area contributed by atoms with Gasteiger partial charge in [0.25, 0.3) is 0 Å². The summed E-state index contributed by atoms with van der Waals surface area (Å²) in [5, 5.41) is 4.49. The van der Waals surface area contributed by atoms with Crippen molar-refractivity contribution in [3.63, 3.8) is 0 Å². The molecule has 1 fully saturated rings. The quantitative estimate of drug-likeness (QED) is 0.728. The van der Waals surface area contributed by atoms with Gasteiger partial charge >= 0.3 is 0 Å². The molecule has 0 saturated heterocycles. The van der Waals surface area contributed by atoms with Gasteiger partial charge in [-0.3, -0.25) is 0 Å². The van der Waals surface area contributed by atoms with E-state index in [9.17, 15) is 0 Å². The largest absolute Gasteiger partial charge is 0.481 e. The van der Waals surface area contributed by atoms with Crippen LogP contribution in [0.4, 0.5) is 0 Å². The summed E-state index contributed by atoms with van der Waals surface area (Å²) in [6.45, 7) is 3.38. The molecule has 0 heterocycles. The van der Waals surface area contributed by atoms with Gasteiger partial charge in [-0.25, -0.2) is 0 Å². The zero-order chi connectivity index (χ0) is 15.1. The fourth-order valence-electron chi connectivity index (χ4n) is 2.71. The van der Waals surface area contributed by atoms with E-state index in [1.165, 1.54) is 25.0 Å². The first-order chi connectivity index (χ1) is 10.2. The van der Waals surface area contributed by atoms with Gasteiger partial charge in [0.05, 0.1) is 0 Å². The van der Waals surface area contributed by atoms with Crippen molar-refractivity contribution in [2.75, 3.05) is 12.4 Å². The van der Waals surface area contributed by atoms with Gasteiger partial charge in [-0.1, -0.05) is 28.8 Å². The third-order valence-corrected chi connectivity index (χ3v) is 5.43. The fourth-order valence-corrected chi connectivity index (χ4v) is 4.26. The van der Waals surface area contributed by atoms with E-state index in [1.54, 1.807) is 0 Å². The number of hydrogen-bond donors (Lipinski definition) is 1. The Morgan fingerprint density at radius 1 is 1.48 bits per heavy atom. The molecule has 2 nitrogen and oxygen atoms in total. The van der Waals surface area contributed by atoms with Crippen LogP contribution in [0.3, 0.4) is 0 Å². The van der Waals surface area contributed by atoms with E-state index < -0.39 is 0 Å². The molecule has 1 aromatic carbocycles. The standard InChI is InChI=1S/C17H22BrNOS/c1-3-9-20-17-8-5-14(18)10-13(17)12-19-15-6-7-16(11-15)21-4-2/h1,5,8,10,15-16,19H,4,6-7,9,11-12H2,2H3. The van der Waals surface area contributed by atoms with Crippen LogP contribution in [0.15, 0.2) is 22.7 Å². The Hall–Kier alpha value is -0.630. The zero-order valence-corrected chi connectivity index (χ0v) is 14.8. The minimum atomic E-state index is 0.313. The summed E-state index contributed by atoms with van der Waals surface area (Å²) in [4.78, 5) is 0. The second kappa shape index (κ2) is 8.73. The van der Waals surface area contributed by atoms with Crippen LogP contribution in [0, 0.1) is 12.3 Å². The number of terminal acetylenes is 1. The van der Waals surface area contributed by atoms with Crippen LogP contribution < -0.4 is 10.1 Å². The molecule has 0 aliphatic heterocycles. The van der Waals surface area contributed by atoms with Crippen LogP contribution >= 0.6 is 27.7 Å². The number of ether oxygens (including phenoxy) is 1. The van der Waals surface area contributed by atoms with Gasteiger partial charge in [-0.15, -0.1) is 6.42 Å². The molecule has 0 spiro atoms. The average Bonchev–Trinajstić information content (AvgIpc) is 2.92. The minimum absolute atomic E-state index is 0.313. The Morgan fingerprint density at radius 2 is 2.33 bits per heavy atom. The molecule has 1 N–H and O–H groups in total. The number of rotatable bonds is 7. The number of hydrogen-bond acceptors (Lipinski definition) is 3. The van der Waals surface area contributed by atoms with Crippen molar-refractivity contribution >= 4 is 27.7 Å². The molecule has 1 aromatic rings. The topological polar surface area (TPSA) is 21.3 Å². The van der Waals surface area contributed by atoms with Gasteiger partial charge in [0, 0.05) is 27.9 Å². The van der Waals surface area contributed by atoms with Gasteiger partial charge in [0.2, 0.25) is 0 Å². The van der Waals surface area contributed by atoms with E-state index in [2.05, 4.69) is 51.9 Å². The Morgan fingerprint density at radius 3 is 3.10 bits per heavy atom. The van der Waals surface area contributed by atoms with E-state index in [0.29, 0.717) is 12.6 Å². The van der Waals surface area contributed by atoms with Crippen molar-refractivity contribution in [3.8, 4) is 18.1 Å². The molecule has 1 aliphatic rings. The van der Waals surface area contributed by atoms with E-state index in [0.717, 1.165) is 27.6 Å². The molecular weight excluding hydrogens is 346 g/mol. The van der Waals surface area contributed by atoms with Gasteiger partial charge in [0.15, 0.2) is 0 Å². The average molecular weight is 368 g/mol. The molecule has 0 amide bonds. The van der Waals surface area contributed by atoms with Crippen molar-refractivity contribution in [1.82, 2.24) is 5.32 Å². The Bertz CT molecular complexity index is 500. The predicted octanol–water partition coefficient (Wildman–Crippen LogP) is 4.22. The first kappa shape index (κ1) is 16.7. The van der Waals surface area contributed by atoms with Crippen LogP contribution in [0.25, 0.3) is 0 Å². The lowest BCUT2D eigenvalue weighted by Gasteiger charge is -2.15. The SMILES string of the molecule is C#CCOc1ccc(Br)cc1CNC1CCC(SCC)C1. The normalized spacial score (nSPS) is 21.2. The summed E-state index contributed by atoms with van der Waals surface area (Å²) in [6.07, 6.45) is 9.14. The molecule has 1 aliphatic carbocycles. The van der Waals surface area contributed by atoms with Crippen molar-refractivity contribution < 1.29 is 4.74 Å². The summed E-state index contributed by atoms with van der Waals surface area (Å²) >= 11 is 5.61. The van der Waals surface area contributed by atoms with Crippen molar-refractivity contribution in [2.24, 2.45) is 0 Å². The third-order valence-electron chi connectivity index (χ3n) is 3.70. The van der Waals surface area contributed by atoms with E-state index in [4.69, 9.17) is 11.2 Å². The summed E-state index contributed by atoms with van der Waals surface area (Å²) in [5.74, 6) is 4.61. The van der Waals surface area contributed by atoms with Crippen LogP contribution in [0.1, 0.15) is 31.7 Å². The summed E-state index contributed by atoms with van der Waals surface area (Å²) in [6, 6.07) is 6.68. The molecule has 2 rings (SSSR count). The summed E-state index contributed by atoms with van der Waals surface area (Å²) < 4.78 is 6.68. The van der Waals surface area contributed by atoms with Gasteiger partial charge in [0.1, 0.15) is 12.4 Å². The highest BCUT2D eigenvalue weighted by atomic mass is 79.9. The molecule has 0 radical (unpaired) electrons. The van der Waals surface area contributed by atoms with Gasteiger partial charge in [-0.2, -0.15) is 11.8 Å². The van der Waals surface area contributed by atoms with Crippen LogP contribution in [-0.2, 0) is 6.54 Å². The fraction of sp³-hybridized carbons (Fsp3) is 0.529. The number of thioether (sulfide) groups is 1. The third kappa shape index (κ3) is 5.25. The first-order valence-electron chi connectivity index (χ1n) is 7.42. The highest BCUT2D eigenvalue weighted by Gasteiger charge is 2.24. The Kier molecular flexibility index (Phi) is 6.95. The molecule has 4 heteroatoms. The molecule has 1 saturated carbocycles. The zero-order valence-electron chi connectivity index (χ0n) is 12.4. The van der Waals surface area contributed by atoms with Crippen LogP contribution in [-0.4, -0.2) is 23.7 Å². The van der Waals surface area contributed by atoms with Crippen LogP contribution in [0.2, 0.25) is 0 Å². The van der Waals surface area contributed by atoms with E-state index >= 15 is 0 Å². The number of nitrogens with one attached hydrogen (secondary N) is 1. The maximum atomic E-state index is 5.62. The van der Waals surface area contributed by atoms with Crippen molar-refractivity contribution in [1.29, 1.82) is 0 Å². The minimum Gasteiger partial charge on any atom is -0.481 e. The Labute approximate surface area is 140 Å². The molecule has 0 aromatic heterocycles. The predicted molar refractivity (Wildman–Crippen MR) is 94.9 cm³/mol.